The molecular weight excluding hydrogens is 382 g/mol. The van der Waals surface area contributed by atoms with Gasteiger partial charge in [0, 0.05) is 37.8 Å². The highest BCUT2D eigenvalue weighted by Crippen LogP contribution is 2.31. The van der Waals surface area contributed by atoms with Crippen molar-refractivity contribution in [2.24, 2.45) is 0 Å². The Labute approximate surface area is 174 Å². The van der Waals surface area contributed by atoms with Crippen molar-refractivity contribution in [3.05, 3.63) is 41.9 Å². The molecule has 0 bridgehead atoms. The number of benzene rings is 1. The number of ether oxygens (including phenoxy) is 1. The Bertz CT molecular complexity index is 1080. The van der Waals surface area contributed by atoms with Crippen molar-refractivity contribution in [1.29, 1.82) is 0 Å². The number of amides is 1. The van der Waals surface area contributed by atoms with Crippen LogP contribution < -0.4 is 10.1 Å². The summed E-state index contributed by atoms with van der Waals surface area (Å²) < 4.78 is 9.82. The van der Waals surface area contributed by atoms with E-state index in [9.17, 15) is 4.79 Å². The van der Waals surface area contributed by atoms with Crippen molar-refractivity contribution in [2.75, 3.05) is 26.2 Å². The van der Waals surface area contributed by atoms with E-state index in [1.54, 1.807) is 6.33 Å². The minimum atomic E-state index is 0.0765. The molecule has 2 aromatic heterocycles. The van der Waals surface area contributed by atoms with Gasteiger partial charge >= 0.3 is 0 Å². The molecule has 1 saturated heterocycles. The van der Waals surface area contributed by atoms with Crippen molar-refractivity contribution >= 4 is 5.91 Å². The summed E-state index contributed by atoms with van der Waals surface area (Å²) in [5, 5.41) is 12.1. The molecule has 0 atom stereocenters. The predicted molar refractivity (Wildman–Crippen MR) is 110 cm³/mol. The van der Waals surface area contributed by atoms with Gasteiger partial charge in [-0.15, -0.1) is 0 Å². The predicted octanol–water partition coefficient (Wildman–Crippen LogP) is 1.58. The van der Waals surface area contributed by atoms with Crippen LogP contribution in [0.4, 0.5) is 0 Å². The quantitative estimate of drug-likeness (QED) is 0.706. The number of rotatable bonds is 4. The lowest BCUT2D eigenvalue weighted by Gasteiger charge is -2.26. The Balaban J connectivity index is 1.50. The maximum Gasteiger partial charge on any atom is 0.234 e. The molecule has 3 aromatic rings. The molecule has 2 aliphatic rings. The van der Waals surface area contributed by atoms with E-state index in [0.29, 0.717) is 26.2 Å². The van der Waals surface area contributed by atoms with Gasteiger partial charge in [-0.1, -0.05) is 6.07 Å². The van der Waals surface area contributed by atoms with Gasteiger partial charge in [-0.05, 0) is 37.6 Å². The zero-order valence-corrected chi connectivity index (χ0v) is 17.2. The topological polar surface area (TPSA) is 90.1 Å². The summed E-state index contributed by atoms with van der Waals surface area (Å²) >= 11 is 0. The van der Waals surface area contributed by atoms with E-state index in [1.807, 2.05) is 15.4 Å². The highest BCUT2D eigenvalue weighted by atomic mass is 16.5. The minimum absolute atomic E-state index is 0.0765. The molecule has 0 unspecified atom stereocenters. The number of carbonyl (C=O) groups is 1. The van der Waals surface area contributed by atoms with Crippen LogP contribution in [0.1, 0.15) is 31.1 Å². The number of fused-ring (bicyclic) bond motifs is 3. The van der Waals surface area contributed by atoms with Crippen LogP contribution >= 0.6 is 0 Å². The Morgan fingerprint density at radius 1 is 1.27 bits per heavy atom. The number of nitrogens with one attached hydrogen (secondary N) is 1. The zero-order chi connectivity index (χ0) is 20.7. The zero-order valence-electron chi connectivity index (χ0n) is 17.2. The average Bonchev–Trinajstić information content (AvgIpc) is 3.33. The van der Waals surface area contributed by atoms with Crippen LogP contribution in [0.25, 0.3) is 17.2 Å². The highest BCUT2D eigenvalue weighted by molar-refractivity contribution is 5.78. The second-order valence-corrected chi connectivity index (χ2v) is 8.02. The van der Waals surface area contributed by atoms with Gasteiger partial charge in [-0.3, -0.25) is 9.69 Å². The van der Waals surface area contributed by atoms with Crippen LogP contribution in [0.2, 0.25) is 0 Å². The molecule has 0 saturated carbocycles. The number of hydrogen-bond acceptors (Lipinski definition) is 6. The summed E-state index contributed by atoms with van der Waals surface area (Å²) in [4.78, 5) is 18.3. The molecule has 9 nitrogen and oxygen atoms in total. The number of nitrogens with zero attached hydrogens (tertiary/aromatic N) is 6. The Morgan fingerprint density at radius 3 is 3.00 bits per heavy atom. The third-order valence-corrected chi connectivity index (χ3v) is 5.47. The van der Waals surface area contributed by atoms with E-state index in [-0.39, 0.29) is 11.9 Å². The maximum atomic E-state index is 11.7. The fraction of sp³-hybridized carbons (Fsp3) is 0.429. The first kappa shape index (κ1) is 18.8. The van der Waals surface area contributed by atoms with E-state index < -0.39 is 0 Å². The van der Waals surface area contributed by atoms with Gasteiger partial charge in [0.25, 0.3) is 0 Å². The summed E-state index contributed by atoms with van der Waals surface area (Å²) in [7, 11) is 0. The summed E-state index contributed by atoms with van der Waals surface area (Å²) in [6.07, 6.45) is 2.34. The summed E-state index contributed by atoms with van der Waals surface area (Å²) in [6, 6.07) is 8.45. The smallest absolute Gasteiger partial charge is 0.234 e. The third kappa shape index (κ3) is 3.45. The van der Waals surface area contributed by atoms with Gasteiger partial charge in [0.15, 0.2) is 5.82 Å². The maximum absolute atomic E-state index is 11.7. The molecule has 156 valence electrons. The first-order valence-electron chi connectivity index (χ1n) is 10.3. The van der Waals surface area contributed by atoms with E-state index in [4.69, 9.17) is 9.84 Å². The number of carbonyl (C=O) groups excluding carboxylic acids is 1. The second-order valence-electron chi connectivity index (χ2n) is 8.02. The van der Waals surface area contributed by atoms with Gasteiger partial charge in [0.2, 0.25) is 5.91 Å². The Morgan fingerprint density at radius 2 is 2.17 bits per heavy atom. The van der Waals surface area contributed by atoms with Crippen LogP contribution in [-0.2, 0) is 17.8 Å². The standard InChI is InChI=1S/C21H25N7O2/c1-14(2)27-21(23-13-24-27)17-10-16-5-8-30-19-4-3-15(9-18(19)28(16)25-17)11-26-7-6-22-20(29)12-26/h3-4,9-10,13-14H,5-8,11-12H2,1-2H3,(H,22,29). The molecule has 2 aliphatic heterocycles. The lowest BCUT2D eigenvalue weighted by Crippen LogP contribution is -2.47. The lowest BCUT2D eigenvalue weighted by atomic mass is 10.1. The molecule has 1 fully saturated rings. The lowest BCUT2D eigenvalue weighted by molar-refractivity contribution is -0.124. The molecule has 1 amide bonds. The SMILES string of the molecule is CC(C)n1ncnc1-c1cc2n(n1)-c1cc(CN3CCNC(=O)C3)ccc1OCC2. The minimum Gasteiger partial charge on any atom is -0.491 e. The third-order valence-electron chi connectivity index (χ3n) is 5.47. The van der Waals surface area contributed by atoms with E-state index in [2.05, 4.69) is 52.3 Å². The normalized spacial score (nSPS) is 16.6. The molecule has 1 N–H and O–H groups in total. The number of aromatic nitrogens is 5. The van der Waals surface area contributed by atoms with E-state index in [0.717, 1.165) is 47.2 Å². The van der Waals surface area contributed by atoms with E-state index >= 15 is 0 Å². The fourth-order valence-corrected chi connectivity index (χ4v) is 4.03. The van der Waals surface area contributed by atoms with Crippen LogP contribution in [0, 0.1) is 0 Å². The largest absolute Gasteiger partial charge is 0.491 e. The molecule has 0 aliphatic carbocycles. The molecule has 9 heteroatoms. The molecule has 30 heavy (non-hydrogen) atoms. The van der Waals surface area contributed by atoms with Gasteiger partial charge in [0.1, 0.15) is 23.5 Å². The molecular formula is C21H25N7O2. The van der Waals surface area contributed by atoms with Crippen molar-refractivity contribution < 1.29 is 9.53 Å². The molecule has 1 aromatic carbocycles. The fourth-order valence-electron chi connectivity index (χ4n) is 4.03. The average molecular weight is 407 g/mol. The van der Waals surface area contributed by atoms with Gasteiger partial charge in [0.05, 0.1) is 13.2 Å². The van der Waals surface area contributed by atoms with Gasteiger partial charge in [-0.2, -0.15) is 10.2 Å². The van der Waals surface area contributed by atoms with Crippen LogP contribution in [0.15, 0.2) is 30.6 Å². The summed E-state index contributed by atoms with van der Waals surface area (Å²) in [5.41, 5.74) is 3.93. The monoisotopic (exact) mass is 407 g/mol. The number of piperazine rings is 1. The van der Waals surface area contributed by atoms with E-state index in [1.165, 1.54) is 0 Å². The van der Waals surface area contributed by atoms with Gasteiger partial charge < -0.3 is 10.1 Å². The Kier molecular flexibility index (Phi) is 4.74. The van der Waals surface area contributed by atoms with Crippen molar-refractivity contribution in [3.63, 3.8) is 0 Å². The first-order valence-corrected chi connectivity index (χ1v) is 10.3. The molecule has 4 heterocycles. The summed E-state index contributed by atoms with van der Waals surface area (Å²) in [6.45, 7) is 7.44. The highest BCUT2D eigenvalue weighted by Gasteiger charge is 2.22. The van der Waals surface area contributed by atoms with Crippen LogP contribution in [-0.4, -0.2) is 61.6 Å². The first-order chi connectivity index (χ1) is 14.6. The number of hydrogen-bond donors (Lipinski definition) is 1. The van der Waals surface area contributed by atoms with Crippen molar-refractivity contribution in [3.8, 4) is 23.0 Å². The molecule has 0 radical (unpaired) electrons. The van der Waals surface area contributed by atoms with Crippen molar-refractivity contribution in [1.82, 2.24) is 34.8 Å². The molecule has 0 spiro atoms. The summed E-state index contributed by atoms with van der Waals surface area (Å²) in [5.74, 6) is 1.66. The Hall–Kier alpha value is -3.20. The molecule has 5 rings (SSSR count). The van der Waals surface area contributed by atoms with Crippen molar-refractivity contribution in [2.45, 2.75) is 32.9 Å². The van der Waals surface area contributed by atoms with Crippen LogP contribution in [0.3, 0.4) is 0 Å². The van der Waals surface area contributed by atoms with Gasteiger partial charge in [-0.25, -0.2) is 14.3 Å². The second kappa shape index (κ2) is 7.56. The van der Waals surface area contributed by atoms with Crippen LogP contribution in [0.5, 0.6) is 5.75 Å².